The fourth-order valence-electron chi connectivity index (χ4n) is 3.76. The van der Waals surface area contributed by atoms with Crippen molar-refractivity contribution in [1.29, 1.82) is 0 Å². The fraction of sp³-hybridized carbons (Fsp3) is 0.789. The Hall–Kier alpha value is -0.840. The van der Waals surface area contributed by atoms with E-state index >= 15 is 0 Å². The SMILES string of the molecule is CC1=C(/C=C/C(C)O)C(C)(C)CC(O[C@@H]2O[C@H](CO)[C@@H](O)[C@H](O)[C@H]2O)C1O. The maximum atomic E-state index is 10.7. The third-order valence-electron chi connectivity index (χ3n) is 5.36. The lowest BCUT2D eigenvalue weighted by Gasteiger charge is -2.45. The van der Waals surface area contributed by atoms with Gasteiger partial charge in [0.25, 0.3) is 0 Å². The summed E-state index contributed by atoms with van der Waals surface area (Å²) < 4.78 is 11.2. The Kier molecular flexibility index (Phi) is 7.21. The minimum absolute atomic E-state index is 0.381. The second kappa shape index (κ2) is 8.67. The van der Waals surface area contributed by atoms with E-state index in [2.05, 4.69) is 0 Å². The lowest BCUT2D eigenvalue weighted by Crippen LogP contribution is -2.60. The molecule has 8 atom stereocenters. The molecule has 0 bridgehead atoms. The molecule has 0 radical (unpaired) electrons. The summed E-state index contributed by atoms with van der Waals surface area (Å²) in [6.45, 7) is 6.83. The van der Waals surface area contributed by atoms with Crippen molar-refractivity contribution in [1.82, 2.24) is 0 Å². The first kappa shape index (κ1) is 22.4. The van der Waals surface area contributed by atoms with Crippen LogP contribution in [0.3, 0.4) is 0 Å². The van der Waals surface area contributed by atoms with Crippen molar-refractivity contribution in [3.8, 4) is 0 Å². The zero-order chi connectivity index (χ0) is 20.5. The fourth-order valence-corrected chi connectivity index (χ4v) is 3.76. The van der Waals surface area contributed by atoms with Crippen LogP contribution in [0.15, 0.2) is 23.3 Å². The Balaban J connectivity index is 2.21. The van der Waals surface area contributed by atoms with Gasteiger partial charge in [0.15, 0.2) is 6.29 Å². The summed E-state index contributed by atoms with van der Waals surface area (Å²) in [5.74, 6) is 0. The minimum atomic E-state index is -1.53. The van der Waals surface area contributed by atoms with Gasteiger partial charge in [0, 0.05) is 0 Å². The average molecular weight is 388 g/mol. The molecule has 2 rings (SSSR count). The van der Waals surface area contributed by atoms with Crippen molar-refractivity contribution in [2.24, 2.45) is 5.41 Å². The molecule has 0 aromatic heterocycles. The summed E-state index contributed by atoms with van der Waals surface area (Å²) in [7, 11) is 0. The first-order chi connectivity index (χ1) is 12.5. The van der Waals surface area contributed by atoms with E-state index in [1.54, 1.807) is 26.0 Å². The molecule has 0 aromatic rings. The van der Waals surface area contributed by atoms with Gasteiger partial charge >= 0.3 is 0 Å². The molecule has 6 N–H and O–H groups in total. The molecule has 2 aliphatic rings. The van der Waals surface area contributed by atoms with E-state index in [0.717, 1.165) is 5.57 Å². The topological polar surface area (TPSA) is 140 Å². The molecule has 1 aliphatic carbocycles. The molecule has 156 valence electrons. The molecule has 27 heavy (non-hydrogen) atoms. The molecule has 0 spiro atoms. The maximum Gasteiger partial charge on any atom is 0.187 e. The van der Waals surface area contributed by atoms with E-state index in [1.165, 1.54) is 0 Å². The number of hydrogen-bond acceptors (Lipinski definition) is 8. The standard InChI is InChI=1S/C19H32O8/c1-9(21)5-6-11-10(2)14(22)12(7-19(11,3)4)26-18-17(25)16(24)15(23)13(8-20)27-18/h5-6,9,12-18,20-25H,7-8H2,1-4H3/b6-5+/t9?,12?,13-,14?,15-,16+,17-,18-/m1/s1. The van der Waals surface area contributed by atoms with E-state index in [1.807, 2.05) is 13.8 Å². The Labute approximate surface area is 159 Å². The summed E-state index contributed by atoms with van der Waals surface area (Å²) in [6, 6.07) is 0. The van der Waals surface area contributed by atoms with Gasteiger partial charge < -0.3 is 40.1 Å². The monoisotopic (exact) mass is 388 g/mol. The summed E-state index contributed by atoms with van der Waals surface area (Å²) >= 11 is 0. The molecule has 1 heterocycles. The van der Waals surface area contributed by atoms with Gasteiger partial charge in [-0.15, -0.1) is 0 Å². The van der Waals surface area contributed by atoms with Gasteiger partial charge in [-0.25, -0.2) is 0 Å². The van der Waals surface area contributed by atoms with Gasteiger partial charge in [0.05, 0.1) is 18.8 Å². The molecule has 1 saturated heterocycles. The van der Waals surface area contributed by atoms with Crippen molar-refractivity contribution >= 4 is 0 Å². The van der Waals surface area contributed by atoms with Crippen LogP contribution in [-0.4, -0.2) is 86.3 Å². The third-order valence-corrected chi connectivity index (χ3v) is 5.36. The molecule has 8 heteroatoms. The predicted molar refractivity (Wildman–Crippen MR) is 96.6 cm³/mol. The summed E-state index contributed by atoms with van der Waals surface area (Å²) in [5.41, 5.74) is 1.19. The van der Waals surface area contributed by atoms with Crippen LogP contribution in [0.5, 0.6) is 0 Å². The van der Waals surface area contributed by atoms with Gasteiger partial charge in [0.1, 0.15) is 30.5 Å². The van der Waals surface area contributed by atoms with Crippen LogP contribution < -0.4 is 0 Å². The smallest absolute Gasteiger partial charge is 0.187 e. The van der Waals surface area contributed by atoms with Crippen LogP contribution in [0.4, 0.5) is 0 Å². The number of allylic oxidation sites excluding steroid dienone is 2. The highest BCUT2D eigenvalue weighted by Gasteiger charge is 2.47. The van der Waals surface area contributed by atoms with Gasteiger partial charge in [-0.2, -0.15) is 0 Å². The molecular weight excluding hydrogens is 356 g/mol. The molecule has 1 fully saturated rings. The van der Waals surface area contributed by atoms with Crippen molar-refractivity contribution < 1.29 is 40.1 Å². The van der Waals surface area contributed by atoms with Crippen LogP contribution in [0.1, 0.15) is 34.1 Å². The quantitative estimate of drug-likeness (QED) is 0.360. The average Bonchev–Trinajstić information content (AvgIpc) is 2.59. The van der Waals surface area contributed by atoms with Crippen LogP contribution >= 0.6 is 0 Å². The Morgan fingerprint density at radius 2 is 1.81 bits per heavy atom. The first-order valence-corrected chi connectivity index (χ1v) is 9.21. The predicted octanol–water partition coefficient (Wildman–Crippen LogP) is -0.784. The minimum Gasteiger partial charge on any atom is -0.394 e. The third kappa shape index (κ3) is 4.78. The van der Waals surface area contributed by atoms with Gasteiger partial charge in [-0.3, -0.25) is 0 Å². The maximum absolute atomic E-state index is 10.7. The second-order valence-electron chi connectivity index (χ2n) is 8.10. The van der Waals surface area contributed by atoms with Crippen LogP contribution in [0, 0.1) is 5.41 Å². The molecule has 0 amide bonds. The molecule has 3 unspecified atom stereocenters. The summed E-state index contributed by atoms with van der Waals surface area (Å²) in [5, 5.41) is 59.4. The zero-order valence-corrected chi connectivity index (χ0v) is 16.2. The molecule has 0 saturated carbocycles. The van der Waals surface area contributed by atoms with Crippen molar-refractivity contribution in [2.75, 3.05) is 6.61 Å². The van der Waals surface area contributed by atoms with E-state index < -0.39 is 55.6 Å². The number of aliphatic hydroxyl groups is 6. The van der Waals surface area contributed by atoms with Crippen molar-refractivity contribution in [3.63, 3.8) is 0 Å². The highest BCUT2D eigenvalue weighted by molar-refractivity contribution is 5.36. The Bertz CT molecular complexity index is 568. The molecule has 1 aliphatic heterocycles. The van der Waals surface area contributed by atoms with E-state index in [4.69, 9.17) is 9.47 Å². The van der Waals surface area contributed by atoms with Crippen LogP contribution in [-0.2, 0) is 9.47 Å². The largest absolute Gasteiger partial charge is 0.394 e. The number of rotatable bonds is 5. The second-order valence-corrected chi connectivity index (χ2v) is 8.10. The zero-order valence-electron chi connectivity index (χ0n) is 16.2. The van der Waals surface area contributed by atoms with E-state index in [-0.39, 0.29) is 5.41 Å². The molecule has 8 nitrogen and oxygen atoms in total. The van der Waals surface area contributed by atoms with E-state index in [0.29, 0.717) is 12.0 Å². The summed E-state index contributed by atoms with van der Waals surface area (Å²) in [4.78, 5) is 0. The van der Waals surface area contributed by atoms with Crippen LogP contribution in [0.25, 0.3) is 0 Å². The Morgan fingerprint density at radius 1 is 1.19 bits per heavy atom. The lowest BCUT2D eigenvalue weighted by molar-refractivity contribution is -0.318. The first-order valence-electron chi connectivity index (χ1n) is 9.21. The Morgan fingerprint density at radius 3 is 2.37 bits per heavy atom. The van der Waals surface area contributed by atoms with Gasteiger partial charge in [-0.05, 0) is 36.8 Å². The molecular formula is C19H32O8. The van der Waals surface area contributed by atoms with Crippen molar-refractivity contribution in [2.45, 2.75) is 83.1 Å². The molecule has 0 aromatic carbocycles. The highest BCUT2D eigenvalue weighted by Crippen LogP contribution is 2.43. The summed E-state index contributed by atoms with van der Waals surface area (Å²) in [6.07, 6.45) is -5.32. The number of hydrogen-bond donors (Lipinski definition) is 6. The van der Waals surface area contributed by atoms with Gasteiger partial charge in [-0.1, -0.05) is 26.0 Å². The number of aliphatic hydroxyl groups excluding tert-OH is 6. The highest BCUT2D eigenvalue weighted by atomic mass is 16.7. The van der Waals surface area contributed by atoms with Gasteiger partial charge in [0.2, 0.25) is 0 Å². The normalized spacial score (nSPS) is 41.2. The lowest BCUT2D eigenvalue weighted by atomic mass is 9.70. The van der Waals surface area contributed by atoms with Crippen molar-refractivity contribution in [3.05, 3.63) is 23.3 Å². The number of ether oxygens (including phenoxy) is 2. The van der Waals surface area contributed by atoms with Crippen LogP contribution in [0.2, 0.25) is 0 Å². The van der Waals surface area contributed by atoms with E-state index in [9.17, 15) is 30.6 Å².